The number of anilines is 1. The van der Waals surface area contributed by atoms with E-state index in [1.54, 1.807) is 18.2 Å². The molecule has 0 saturated carbocycles. The van der Waals surface area contributed by atoms with E-state index in [-0.39, 0.29) is 23.5 Å². The standard InChI is InChI=1S/C26H21NO5/c27-19-11-12-21-20(14-19)24(28)26(30-15-18-9-5-2-6-10-18)25(32-21)22-16-29-23(31-22)13-17-7-3-1-4-8-17/h1-12,14,16,23H,13,15,27H2. The highest BCUT2D eigenvalue weighted by Gasteiger charge is 2.28. The van der Waals surface area contributed by atoms with Crippen molar-refractivity contribution >= 4 is 22.4 Å². The molecule has 160 valence electrons. The van der Waals surface area contributed by atoms with Crippen molar-refractivity contribution in [1.82, 2.24) is 0 Å². The Morgan fingerprint density at radius 2 is 1.62 bits per heavy atom. The third kappa shape index (κ3) is 4.03. The monoisotopic (exact) mass is 427 g/mol. The van der Waals surface area contributed by atoms with Crippen LogP contribution in [-0.4, -0.2) is 6.29 Å². The molecule has 1 aromatic heterocycles. The number of nitrogen functional groups attached to an aromatic ring is 1. The fourth-order valence-electron chi connectivity index (χ4n) is 3.56. The normalized spacial score (nSPS) is 15.1. The van der Waals surface area contributed by atoms with Crippen molar-refractivity contribution in [2.24, 2.45) is 0 Å². The Balaban J connectivity index is 1.48. The highest BCUT2D eigenvalue weighted by molar-refractivity contribution is 5.83. The third-order valence-electron chi connectivity index (χ3n) is 5.15. The molecule has 6 heteroatoms. The molecule has 3 aromatic carbocycles. The first-order chi connectivity index (χ1) is 15.7. The molecule has 4 aromatic rings. The van der Waals surface area contributed by atoms with Gasteiger partial charge in [0, 0.05) is 12.1 Å². The maximum absolute atomic E-state index is 13.3. The molecular formula is C26H21NO5. The Bertz CT molecular complexity index is 1330. The SMILES string of the molecule is Nc1ccc2oc(C3=COC(Cc4ccccc4)O3)c(OCc3ccccc3)c(=O)c2c1. The van der Waals surface area contributed by atoms with E-state index in [1.165, 1.54) is 6.26 Å². The number of hydrogen-bond donors (Lipinski definition) is 1. The van der Waals surface area contributed by atoms with Crippen LogP contribution in [0, 0.1) is 0 Å². The van der Waals surface area contributed by atoms with E-state index >= 15 is 0 Å². The van der Waals surface area contributed by atoms with Crippen LogP contribution in [0.15, 0.2) is 94.3 Å². The van der Waals surface area contributed by atoms with Gasteiger partial charge in [0.25, 0.3) is 0 Å². The Kier molecular flexibility index (Phi) is 5.25. The second-order valence-electron chi connectivity index (χ2n) is 7.47. The molecule has 1 atom stereocenters. The van der Waals surface area contributed by atoms with Gasteiger partial charge in [-0.3, -0.25) is 4.79 Å². The maximum Gasteiger partial charge on any atom is 0.244 e. The zero-order valence-corrected chi connectivity index (χ0v) is 17.2. The van der Waals surface area contributed by atoms with Crippen molar-refractivity contribution in [3.63, 3.8) is 0 Å². The number of hydrogen-bond acceptors (Lipinski definition) is 6. The molecule has 1 aliphatic heterocycles. The molecule has 1 unspecified atom stereocenters. The van der Waals surface area contributed by atoms with Crippen molar-refractivity contribution in [2.75, 3.05) is 5.73 Å². The molecule has 32 heavy (non-hydrogen) atoms. The lowest BCUT2D eigenvalue weighted by Gasteiger charge is -2.14. The second kappa shape index (κ2) is 8.51. The van der Waals surface area contributed by atoms with Gasteiger partial charge in [0.05, 0.1) is 5.39 Å². The van der Waals surface area contributed by atoms with Crippen LogP contribution in [0.5, 0.6) is 5.75 Å². The molecule has 0 saturated heterocycles. The van der Waals surface area contributed by atoms with Crippen molar-refractivity contribution in [3.8, 4) is 5.75 Å². The van der Waals surface area contributed by atoms with Gasteiger partial charge in [-0.2, -0.15) is 0 Å². The fraction of sp³-hybridized carbons (Fsp3) is 0.115. The summed E-state index contributed by atoms with van der Waals surface area (Å²) in [6, 6.07) is 24.4. The minimum Gasteiger partial charge on any atom is -0.481 e. The molecule has 0 radical (unpaired) electrons. The van der Waals surface area contributed by atoms with Crippen LogP contribution in [0.25, 0.3) is 16.7 Å². The van der Waals surface area contributed by atoms with Crippen LogP contribution in [0.3, 0.4) is 0 Å². The van der Waals surface area contributed by atoms with Gasteiger partial charge >= 0.3 is 0 Å². The zero-order chi connectivity index (χ0) is 21.9. The summed E-state index contributed by atoms with van der Waals surface area (Å²) in [6.45, 7) is 0.202. The Labute approximate surface area is 184 Å². The number of fused-ring (bicyclic) bond motifs is 1. The second-order valence-corrected chi connectivity index (χ2v) is 7.47. The molecule has 0 bridgehead atoms. The summed E-state index contributed by atoms with van der Waals surface area (Å²) < 4.78 is 23.7. The summed E-state index contributed by atoms with van der Waals surface area (Å²) in [5, 5.41) is 0.345. The quantitative estimate of drug-likeness (QED) is 0.442. The molecule has 0 fully saturated rings. The van der Waals surface area contributed by atoms with Gasteiger partial charge in [0.1, 0.15) is 18.5 Å². The Morgan fingerprint density at radius 3 is 2.38 bits per heavy atom. The van der Waals surface area contributed by atoms with Gasteiger partial charge in [-0.05, 0) is 29.3 Å². The van der Waals surface area contributed by atoms with Crippen LogP contribution < -0.4 is 15.9 Å². The summed E-state index contributed by atoms with van der Waals surface area (Å²) in [7, 11) is 0. The number of ether oxygens (including phenoxy) is 3. The first-order valence-electron chi connectivity index (χ1n) is 10.3. The number of rotatable bonds is 6. The fourth-order valence-corrected chi connectivity index (χ4v) is 3.56. The molecule has 5 rings (SSSR count). The van der Waals surface area contributed by atoms with Crippen LogP contribution in [0.4, 0.5) is 5.69 Å². The van der Waals surface area contributed by atoms with Crippen LogP contribution in [0.2, 0.25) is 0 Å². The molecule has 6 nitrogen and oxygen atoms in total. The van der Waals surface area contributed by atoms with Crippen LogP contribution in [-0.2, 0) is 22.5 Å². The molecule has 2 N–H and O–H groups in total. The van der Waals surface area contributed by atoms with Crippen molar-refractivity contribution in [2.45, 2.75) is 19.3 Å². The van der Waals surface area contributed by atoms with E-state index in [2.05, 4.69) is 0 Å². The van der Waals surface area contributed by atoms with E-state index in [9.17, 15) is 4.79 Å². The Morgan fingerprint density at radius 1 is 0.906 bits per heavy atom. The van der Waals surface area contributed by atoms with Gasteiger partial charge in [-0.15, -0.1) is 0 Å². The predicted molar refractivity (Wildman–Crippen MR) is 122 cm³/mol. The van der Waals surface area contributed by atoms with Gasteiger partial charge in [0.2, 0.25) is 29.0 Å². The number of nitrogens with two attached hydrogens (primary N) is 1. The van der Waals surface area contributed by atoms with E-state index < -0.39 is 6.29 Å². The summed E-state index contributed by atoms with van der Waals surface area (Å²) in [4.78, 5) is 13.3. The maximum atomic E-state index is 13.3. The molecule has 0 spiro atoms. The molecule has 2 heterocycles. The Hall–Kier alpha value is -4.19. The number of benzene rings is 3. The highest BCUT2D eigenvalue weighted by atomic mass is 16.7. The molecular weight excluding hydrogens is 406 g/mol. The third-order valence-corrected chi connectivity index (χ3v) is 5.15. The minimum atomic E-state index is -0.526. The van der Waals surface area contributed by atoms with E-state index in [0.717, 1.165) is 11.1 Å². The van der Waals surface area contributed by atoms with Gasteiger partial charge in [-0.1, -0.05) is 60.7 Å². The summed E-state index contributed by atoms with van der Waals surface area (Å²) in [5.41, 5.74) is 8.41. The lowest BCUT2D eigenvalue weighted by atomic mass is 10.1. The lowest BCUT2D eigenvalue weighted by molar-refractivity contribution is -0.0146. The van der Waals surface area contributed by atoms with Crippen LogP contribution in [0.1, 0.15) is 16.9 Å². The zero-order valence-electron chi connectivity index (χ0n) is 17.2. The smallest absolute Gasteiger partial charge is 0.244 e. The average Bonchev–Trinajstić information content (AvgIpc) is 3.28. The largest absolute Gasteiger partial charge is 0.481 e. The summed E-state index contributed by atoms with van der Waals surface area (Å²) >= 11 is 0. The summed E-state index contributed by atoms with van der Waals surface area (Å²) in [6.07, 6.45) is 1.49. The van der Waals surface area contributed by atoms with Gasteiger partial charge in [-0.25, -0.2) is 0 Å². The van der Waals surface area contributed by atoms with Crippen LogP contribution >= 0.6 is 0 Å². The van der Waals surface area contributed by atoms with Gasteiger partial charge in [0.15, 0.2) is 0 Å². The summed E-state index contributed by atoms with van der Waals surface area (Å²) in [5.74, 6) is 0.561. The van der Waals surface area contributed by atoms with Gasteiger partial charge < -0.3 is 24.4 Å². The first kappa shape index (κ1) is 19.8. The van der Waals surface area contributed by atoms with Crippen molar-refractivity contribution in [1.29, 1.82) is 0 Å². The first-order valence-corrected chi connectivity index (χ1v) is 10.3. The molecule has 1 aliphatic rings. The predicted octanol–water partition coefficient (Wildman–Crippen LogP) is 4.87. The minimum absolute atomic E-state index is 0.0576. The van der Waals surface area contributed by atoms with Crippen molar-refractivity contribution in [3.05, 3.63) is 112 Å². The van der Waals surface area contributed by atoms with E-state index in [0.29, 0.717) is 28.8 Å². The molecule has 0 aliphatic carbocycles. The van der Waals surface area contributed by atoms with E-state index in [4.69, 9.17) is 24.4 Å². The van der Waals surface area contributed by atoms with Crippen molar-refractivity contribution < 1.29 is 18.6 Å². The topological polar surface area (TPSA) is 83.9 Å². The van der Waals surface area contributed by atoms with E-state index in [1.807, 2.05) is 60.7 Å². The highest BCUT2D eigenvalue weighted by Crippen LogP contribution is 2.33. The average molecular weight is 427 g/mol. The lowest BCUT2D eigenvalue weighted by Crippen LogP contribution is -2.14. The molecule has 0 amide bonds.